The van der Waals surface area contributed by atoms with E-state index in [1.165, 1.54) is 0 Å². The van der Waals surface area contributed by atoms with Crippen LogP contribution in [0.25, 0.3) is 0 Å². The molecular formula is C30H51O9PSi2. The van der Waals surface area contributed by atoms with Crippen LogP contribution < -0.4 is 27.8 Å². The average molecular weight is 643 g/mol. The van der Waals surface area contributed by atoms with Crippen molar-refractivity contribution in [2.45, 2.75) is 91.0 Å². The van der Waals surface area contributed by atoms with Crippen LogP contribution in [0.15, 0.2) is 24.3 Å². The van der Waals surface area contributed by atoms with Crippen molar-refractivity contribution >= 4 is 24.9 Å². The summed E-state index contributed by atoms with van der Waals surface area (Å²) in [4.78, 5) is 0. The first-order valence-electron chi connectivity index (χ1n) is 14.0. The van der Waals surface area contributed by atoms with Crippen molar-refractivity contribution in [3.63, 3.8) is 0 Å². The highest BCUT2D eigenvalue weighted by Gasteiger charge is 2.41. The Labute approximate surface area is 255 Å². The fraction of sp³-hybridized carbons (Fsp3) is 0.600. The molecule has 0 saturated heterocycles. The Kier molecular flexibility index (Phi) is 12.1. The Hall–Kier alpha value is -2.18. The van der Waals surface area contributed by atoms with Gasteiger partial charge in [-0.1, -0.05) is 41.5 Å². The maximum Gasteiger partial charge on any atom is 0.319 e. The highest BCUT2D eigenvalue weighted by molar-refractivity contribution is 7.33. The van der Waals surface area contributed by atoms with E-state index in [1.54, 1.807) is 52.7 Å². The third kappa shape index (κ3) is 8.92. The van der Waals surface area contributed by atoms with Crippen molar-refractivity contribution in [1.82, 2.24) is 0 Å². The Bertz CT molecular complexity index is 1090. The molecule has 2 aromatic carbocycles. The van der Waals surface area contributed by atoms with E-state index in [-0.39, 0.29) is 23.3 Å². The topological polar surface area (TPSA) is 90.9 Å². The van der Waals surface area contributed by atoms with E-state index in [4.69, 9.17) is 36.8 Å². The molecule has 0 aliphatic rings. The third-order valence-corrected chi connectivity index (χ3v) is 17.5. The molecule has 0 fully saturated rings. The highest BCUT2D eigenvalue weighted by Crippen LogP contribution is 2.47. The molecule has 0 unspecified atom stereocenters. The average Bonchev–Trinajstić information content (AvgIpc) is 2.89. The zero-order valence-corrected chi connectivity index (χ0v) is 30.9. The second-order valence-corrected chi connectivity index (χ2v) is 23.7. The summed E-state index contributed by atoms with van der Waals surface area (Å²) in [6.45, 7) is 21.7. The Balaban J connectivity index is 2.16. The molecule has 42 heavy (non-hydrogen) atoms. The fourth-order valence-corrected chi connectivity index (χ4v) is 6.07. The number of rotatable bonds is 14. The molecule has 0 N–H and O–H groups in total. The van der Waals surface area contributed by atoms with E-state index < -0.39 is 24.9 Å². The summed E-state index contributed by atoms with van der Waals surface area (Å²) >= 11 is 0. The molecule has 0 atom stereocenters. The summed E-state index contributed by atoms with van der Waals surface area (Å²) in [5, 5.41) is -0.0116. The molecule has 0 saturated carbocycles. The van der Waals surface area contributed by atoms with Gasteiger partial charge in [-0.05, 0) is 71.7 Å². The van der Waals surface area contributed by atoms with Gasteiger partial charge in [0.1, 0.15) is 0 Å². The molecule has 0 aromatic heterocycles. The predicted molar refractivity (Wildman–Crippen MR) is 173 cm³/mol. The predicted octanol–water partition coefficient (Wildman–Crippen LogP) is 8.61. The molecule has 0 spiro atoms. The van der Waals surface area contributed by atoms with Gasteiger partial charge >= 0.3 is 8.25 Å². The maximum absolute atomic E-state index is 12.7. The zero-order valence-electron chi connectivity index (χ0n) is 27.9. The highest BCUT2D eigenvalue weighted by atomic mass is 31.1. The molecule has 9 nitrogen and oxygen atoms in total. The second kappa shape index (κ2) is 14.1. The van der Waals surface area contributed by atoms with Crippen molar-refractivity contribution in [2.24, 2.45) is 0 Å². The van der Waals surface area contributed by atoms with Crippen LogP contribution in [-0.4, -0.2) is 45.1 Å². The van der Waals surface area contributed by atoms with Crippen molar-refractivity contribution in [1.29, 1.82) is 0 Å². The van der Waals surface area contributed by atoms with Crippen molar-refractivity contribution in [3.8, 4) is 34.5 Å². The number of hydrogen-bond acceptors (Lipinski definition) is 9. The molecule has 0 radical (unpaired) electrons. The molecule has 12 heteroatoms. The molecular weight excluding hydrogens is 591 g/mol. The lowest BCUT2D eigenvalue weighted by Gasteiger charge is -2.37. The van der Waals surface area contributed by atoms with Crippen LogP contribution in [0.2, 0.25) is 36.3 Å². The molecule has 0 heterocycles. The standard InChI is InChI=1S/C30H51O9PSi2/c1-29(2,3)41(11,12)38-27-23(32-7)15-21(16-24(27)33-8)19-36-40(31)37-20-22-17-25(34-9)28(26(18-22)35-10)39-42(13,14)30(4,5)6/h15-18,40H,19-20H2,1-14H3. The van der Waals surface area contributed by atoms with E-state index in [0.717, 1.165) is 0 Å². The summed E-state index contributed by atoms with van der Waals surface area (Å²) < 4.78 is 59.4. The number of ether oxygens (including phenoxy) is 4. The smallest absolute Gasteiger partial charge is 0.319 e. The zero-order chi connectivity index (χ0) is 32.1. The first kappa shape index (κ1) is 36.0. The van der Waals surface area contributed by atoms with Crippen LogP contribution >= 0.6 is 8.25 Å². The van der Waals surface area contributed by atoms with Gasteiger partial charge in [-0.2, -0.15) is 0 Å². The van der Waals surface area contributed by atoms with E-state index >= 15 is 0 Å². The summed E-state index contributed by atoms with van der Waals surface area (Å²) in [5.74, 6) is 3.22. The number of hydrogen-bond donors (Lipinski definition) is 0. The maximum atomic E-state index is 12.7. The fourth-order valence-electron chi connectivity index (χ4n) is 3.38. The quantitative estimate of drug-likeness (QED) is 0.148. The van der Waals surface area contributed by atoms with Gasteiger partial charge in [0.2, 0.25) is 0 Å². The molecule has 0 bridgehead atoms. The van der Waals surface area contributed by atoms with Gasteiger partial charge in [0.25, 0.3) is 16.6 Å². The van der Waals surface area contributed by atoms with Gasteiger partial charge in [0, 0.05) is 0 Å². The lowest BCUT2D eigenvalue weighted by atomic mass is 10.2. The lowest BCUT2D eigenvalue weighted by molar-refractivity contribution is 0.212. The SMILES string of the molecule is COc1cc(CO[PH](=O)OCc2cc(OC)c(O[Si](C)(C)C(C)(C)C)c(OC)c2)cc(OC)c1O[Si](C)(C)C(C)(C)C. The van der Waals surface area contributed by atoms with Crippen LogP contribution in [-0.2, 0) is 26.8 Å². The Morgan fingerprint density at radius 1 is 0.571 bits per heavy atom. The summed E-state index contributed by atoms with van der Waals surface area (Å²) in [7, 11) is -0.837. The van der Waals surface area contributed by atoms with Crippen LogP contribution in [0.3, 0.4) is 0 Å². The Morgan fingerprint density at radius 3 is 1.05 bits per heavy atom. The normalized spacial score (nSPS) is 12.7. The minimum atomic E-state index is -2.84. The summed E-state index contributed by atoms with van der Waals surface area (Å²) in [5.41, 5.74) is 1.42. The van der Waals surface area contributed by atoms with Crippen molar-refractivity contribution in [3.05, 3.63) is 35.4 Å². The molecule has 238 valence electrons. The van der Waals surface area contributed by atoms with E-state index in [2.05, 4.69) is 67.7 Å². The van der Waals surface area contributed by atoms with Crippen LogP contribution in [0.5, 0.6) is 34.5 Å². The number of methoxy groups -OCH3 is 4. The minimum Gasteiger partial charge on any atom is -0.539 e. The molecule has 2 rings (SSSR count). The van der Waals surface area contributed by atoms with Gasteiger partial charge in [0.15, 0.2) is 34.5 Å². The second-order valence-electron chi connectivity index (χ2n) is 13.2. The van der Waals surface area contributed by atoms with E-state index in [9.17, 15) is 4.57 Å². The van der Waals surface area contributed by atoms with Crippen LogP contribution in [0.4, 0.5) is 0 Å². The van der Waals surface area contributed by atoms with E-state index in [1.807, 2.05) is 0 Å². The van der Waals surface area contributed by atoms with E-state index in [0.29, 0.717) is 45.6 Å². The summed E-state index contributed by atoms with van der Waals surface area (Å²) in [6.07, 6.45) is 0. The molecule has 0 aliphatic heterocycles. The monoisotopic (exact) mass is 642 g/mol. The lowest BCUT2D eigenvalue weighted by Crippen LogP contribution is -2.44. The van der Waals surface area contributed by atoms with Crippen LogP contribution in [0.1, 0.15) is 52.7 Å². The van der Waals surface area contributed by atoms with Crippen molar-refractivity contribution < 1.29 is 41.4 Å². The first-order valence-corrected chi connectivity index (χ1v) is 21.0. The number of benzene rings is 2. The third-order valence-electron chi connectivity index (χ3n) is 8.08. The molecule has 2 aromatic rings. The van der Waals surface area contributed by atoms with Gasteiger partial charge < -0.3 is 36.8 Å². The van der Waals surface area contributed by atoms with Crippen LogP contribution in [0, 0.1) is 0 Å². The Morgan fingerprint density at radius 2 is 0.833 bits per heavy atom. The molecule has 0 aliphatic carbocycles. The summed E-state index contributed by atoms with van der Waals surface area (Å²) in [6, 6.07) is 7.21. The minimum absolute atomic E-state index is 0.00580. The van der Waals surface area contributed by atoms with Gasteiger partial charge in [0.05, 0.1) is 41.7 Å². The van der Waals surface area contributed by atoms with Crippen molar-refractivity contribution in [2.75, 3.05) is 28.4 Å². The largest absolute Gasteiger partial charge is 0.539 e. The first-order chi connectivity index (χ1) is 19.3. The van der Waals surface area contributed by atoms with Gasteiger partial charge in [-0.25, -0.2) is 0 Å². The van der Waals surface area contributed by atoms with Gasteiger partial charge in [-0.3, -0.25) is 4.57 Å². The van der Waals surface area contributed by atoms with Gasteiger partial charge in [-0.15, -0.1) is 0 Å². The molecule has 0 amide bonds.